The van der Waals surface area contributed by atoms with Crippen LogP contribution in [0.4, 0.5) is 0 Å². The number of oxazole rings is 1. The minimum absolute atomic E-state index is 0.164. The number of aromatic nitrogens is 1. The smallest absolute Gasteiger partial charge is 0.408 e. The Hall–Kier alpha value is -1.55. The second-order valence-electron chi connectivity index (χ2n) is 3.88. The van der Waals surface area contributed by atoms with E-state index >= 15 is 0 Å². The number of fused-ring (bicyclic) bond motifs is 1. The van der Waals surface area contributed by atoms with Crippen LogP contribution in [-0.4, -0.2) is 4.98 Å². The Bertz CT molecular complexity index is 548. The molecule has 0 aliphatic heterocycles. The van der Waals surface area contributed by atoms with Crippen molar-refractivity contribution in [3.8, 4) is 0 Å². The molecule has 72 valence electrons. The van der Waals surface area contributed by atoms with Gasteiger partial charge in [-0.1, -0.05) is 6.07 Å². The average Bonchev–Trinajstić information content (AvgIpc) is 2.79. The summed E-state index contributed by atoms with van der Waals surface area (Å²) in [5.41, 5.74) is 8.26. The van der Waals surface area contributed by atoms with E-state index < -0.39 is 5.76 Å². The first kappa shape index (κ1) is 7.82. The number of benzene rings is 1. The summed E-state index contributed by atoms with van der Waals surface area (Å²) in [6, 6.07) is 5.61. The number of hydrogen-bond acceptors (Lipinski definition) is 3. The quantitative estimate of drug-likeness (QED) is 0.706. The summed E-state index contributed by atoms with van der Waals surface area (Å²) in [5.74, 6) is -0.418. The van der Waals surface area contributed by atoms with Gasteiger partial charge in [0.05, 0.1) is 5.52 Å². The van der Waals surface area contributed by atoms with Gasteiger partial charge in [-0.15, -0.1) is 0 Å². The van der Waals surface area contributed by atoms with E-state index in [1.165, 1.54) is 0 Å². The zero-order valence-electron chi connectivity index (χ0n) is 7.54. The number of nitrogens with one attached hydrogen (secondary N) is 1. The fourth-order valence-electron chi connectivity index (χ4n) is 1.69. The largest absolute Gasteiger partial charge is 0.417 e. The van der Waals surface area contributed by atoms with Gasteiger partial charge in [-0.3, -0.25) is 4.98 Å². The molecule has 1 saturated carbocycles. The molecule has 14 heavy (non-hydrogen) atoms. The number of H-pyrrole nitrogens is 1. The highest BCUT2D eigenvalue weighted by molar-refractivity contribution is 5.73. The van der Waals surface area contributed by atoms with Crippen LogP contribution in [0.2, 0.25) is 0 Å². The Labute approximate surface area is 79.7 Å². The van der Waals surface area contributed by atoms with Gasteiger partial charge in [0.1, 0.15) is 0 Å². The van der Waals surface area contributed by atoms with Gasteiger partial charge in [-0.25, -0.2) is 4.79 Å². The van der Waals surface area contributed by atoms with Crippen molar-refractivity contribution in [3.63, 3.8) is 0 Å². The van der Waals surface area contributed by atoms with Crippen molar-refractivity contribution >= 4 is 11.1 Å². The van der Waals surface area contributed by atoms with Crippen LogP contribution in [0.5, 0.6) is 0 Å². The highest BCUT2D eigenvalue weighted by Gasteiger charge is 2.40. The summed E-state index contributed by atoms with van der Waals surface area (Å²) in [5, 5.41) is 0. The molecule has 3 rings (SSSR count). The number of aromatic amines is 1. The zero-order chi connectivity index (χ0) is 9.76. The highest BCUT2D eigenvalue weighted by atomic mass is 16.4. The summed E-state index contributed by atoms with van der Waals surface area (Å²) < 4.78 is 4.90. The van der Waals surface area contributed by atoms with Crippen LogP contribution >= 0.6 is 0 Å². The summed E-state index contributed by atoms with van der Waals surface area (Å²) >= 11 is 0. The van der Waals surface area contributed by atoms with Crippen molar-refractivity contribution in [1.82, 2.24) is 4.98 Å². The fraction of sp³-hybridized carbons (Fsp3) is 0.300. The monoisotopic (exact) mass is 190 g/mol. The van der Waals surface area contributed by atoms with Crippen LogP contribution in [-0.2, 0) is 5.54 Å². The lowest BCUT2D eigenvalue weighted by Crippen LogP contribution is -2.18. The van der Waals surface area contributed by atoms with Crippen molar-refractivity contribution in [2.45, 2.75) is 18.4 Å². The highest BCUT2D eigenvalue weighted by Crippen LogP contribution is 2.43. The molecule has 2 aromatic rings. The van der Waals surface area contributed by atoms with Crippen LogP contribution in [0, 0.1) is 0 Å². The average molecular weight is 190 g/mol. The lowest BCUT2D eigenvalue weighted by atomic mass is 10.1. The van der Waals surface area contributed by atoms with Crippen molar-refractivity contribution in [2.75, 3.05) is 0 Å². The Balaban J connectivity index is 2.24. The molecule has 0 unspecified atom stereocenters. The van der Waals surface area contributed by atoms with Gasteiger partial charge in [-0.05, 0) is 30.5 Å². The standard InChI is InChI=1S/C10H10N2O2/c11-10(3-4-10)6-1-2-8-7(5-6)12-9(13)14-8/h1-2,5H,3-4,11H2,(H,12,13). The lowest BCUT2D eigenvalue weighted by Gasteiger charge is -2.07. The molecular formula is C10H10N2O2. The van der Waals surface area contributed by atoms with Crippen LogP contribution in [0.3, 0.4) is 0 Å². The number of nitrogens with two attached hydrogens (primary N) is 1. The third kappa shape index (κ3) is 1.01. The van der Waals surface area contributed by atoms with Gasteiger partial charge < -0.3 is 10.2 Å². The first-order valence-electron chi connectivity index (χ1n) is 4.60. The van der Waals surface area contributed by atoms with Gasteiger partial charge in [0.25, 0.3) is 0 Å². The second kappa shape index (κ2) is 2.27. The summed E-state index contributed by atoms with van der Waals surface area (Å²) in [6.45, 7) is 0. The van der Waals surface area contributed by atoms with Crippen molar-refractivity contribution in [3.05, 3.63) is 34.3 Å². The molecule has 0 bridgehead atoms. The maximum absolute atomic E-state index is 10.9. The Kier molecular flexibility index (Phi) is 1.27. The van der Waals surface area contributed by atoms with E-state index in [0.29, 0.717) is 5.58 Å². The number of hydrogen-bond donors (Lipinski definition) is 2. The molecular weight excluding hydrogens is 180 g/mol. The van der Waals surface area contributed by atoms with Gasteiger partial charge in [-0.2, -0.15) is 0 Å². The van der Waals surface area contributed by atoms with E-state index in [0.717, 1.165) is 23.9 Å². The molecule has 0 atom stereocenters. The molecule has 0 radical (unpaired) electrons. The van der Waals surface area contributed by atoms with Gasteiger partial charge in [0, 0.05) is 5.54 Å². The Morgan fingerprint density at radius 2 is 2.21 bits per heavy atom. The molecule has 0 saturated heterocycles. The second-order valence-corrected chi connectivity index (χ2v) is 3.88. The SMILES string of the molecule is NC1(c2ccc3oc(=O)[nH]c3c2)CC1. The molecule has 4 heteroatoms. The normalized spacial score (nSPS) is 18.6. The molecule has 4 nitrogen and oxygen atoms in total. The first-order chi connectivity index (χ1) is 6.67. The summed E-state index contributed by atoms with van der Waals surface area (Å²) in [6.07, 6.45) is 2.03. The maximum Gasteiger partial charge on any atom is 0.417 e. The topological polar surface area (TPSA) is 72.0 Å². The van der Waals surface area contributed by atoms with Crippen LogP contribution in [0.25, 0.3) is 11.1 Å². The van der Waals surface area contributed by atoms with Crippen LogP contribution in [0.15, 0.2) is 27.4 Å². The molecule has 1 aromatic heterocycles. The molecule has 1 aliphatic rings. The lowest BCUT2D eigenvalue weighted by molar-refractivity contribution is 0.555. The maximum atomic E-state index is 10.9. The van der Waals surface area contributed by atoms with Crippen molar-refractivity contribution in [2.24, 2.45) is 5.73 Å². The molecule has 1 aliphatic carbocycles. The zero-order valence-corrected chi connectivity index (χ0v) is 7.54. The van der Waals surface area contributed by atoms with Crippen molar-refractivity contribution in [1.29, 1.82) is 0 Å². The van der Waals surface area contributed by atoms with Gasteiger partial charge in [0.2, 0.25) is 0 Å². The Morgan fingerprint density at radius 3 is 2.93 bits per heavy atom. The van der Waals surface area contributed by atoms with Crippen LogP contribution < -0.4 is 11.5 Å². The van der Waals surface area contributed by atoms with Crippen LogP contribution in [0.1, 0.15) is 18.4 Å². The van der Waals surface area contributed by atoms with E-state index in [1.54, 1.807) is 6.07 Å². The van der Waals surface area contributed by atoms with Crippen molar-refractivity contribution < 1.29 is 4.42 Å². The fourth-order valence-corrected chi connectivity index (χ4v) is 1.69. The third-order valence-corrected chi connectivity index (χ3v) is 2.78. The third-order valence-electron chi connectivity index (χ3n) is 2.78. The van der Waals surface area contributed by atoms with Gasteiger partial charge in [0.15, 0.2) is 5.58 Å². The molecule has 1 fully saturated rings. The first-order valence-corrected chi connectivity index (χ1v) is 4.60. The predicted octanol–water partition coefficient (Wildman–Crippen LogP) is 1.07. The predicted molar refractivity (Wildman–Crippen MR) is 51.9 cm³/mol. The summed E-state index contributed by atoms with van der Waals surface area (Å²) in [7, 11) is 0. The van der Waals surface area contributed by atoms with E-state index in [2.05, 4.69) is 4.98 Å². The Morgan fingerprint density at radius 1 is 1.43 bits per heavy atom. The molecule has 0 amide bonds. The van der Waals surface area contributed by atoms with E-state index in [9.17, 15) is 4.79 Å². The molecule has 0 spiro atoms. The summed E-state index contributed by atoms with van der Waals surface area (Å²) in [4.78, 5) is 13.5. The minimum atomic E-state index is -0.418. The number of rotatable bonds is 1. The van der Waals surface area contributed by atoms with E-state index in [-0.39, 0.29) is 5.54 Å². The van der Waals surface area contributed by atoms with E-state index in [4.69, 9.17) is 10.2 Å². The van der Waals surface area contributed by atoms with E-state index in [1.807, 2.05) is 12.1 Å². The minimum Gasteiger partial charge on any atom is -0.408 e. The molecule has 1 heterocycles. The molecule has 1 aromatic carbocycles. The molecule has 3 N–H and O–H groups in total. The van der Waals surface area contributed by atoms with Gasteiger partial charge >= 0.3 is 5.76 Å².